The summed E-state index contributed by atoms with van der Waals surface area (Å²) < 4.78 is 4.98. The molecule has 0 radical (unpaired) electrons. The molecule has 98 valence electrons. The number of hydrogen-bond acceptors (Lipinski definition) is 4. The summed E-state index contributed by atoms with van der Waals surface area (Å²) in [4.78, 5) is 27.1. The number of pyridine rings is 1. The second kappa shape index (κ2) is 6.35. The summed E-state index contributed by atoms with van der Waals surface area (Å²) in [5.41, 5.74) is 0.225. The third kappa shape index (κ3) is 4.00. The molecule has 0 saturated heterocycles. The second-order valence-corrected chi connectivity index (χ2v) is 4.38. The van der Waals surface area contributed by atoms with Crippen molar-refractivity contribution < 1.29 is 14.3 Å². The molecule has 6 heteroatoms. The molecule has 1 amide bonds. The molecule has 0 bridgehead atoms. The Balaban J connectivity index is 2.65. The summed E-state index contributed by atoms with van der Waals surface area (Å²) >= 11 is 5.78. The standard InChI is InChI=1S/C12H15ClN2O3/c1-7(2)18-12(17)8(3)15-11(16)9-5-4-6-14-10(9)13/h4-8H,1-3H3,(H,15,16)/t8-/m0/s1. The topological polar surface area (TPSA) is 68.3 Å². The van der Waals surface area contributed by atoms with E-state index in [9.17, 15) is 9.59 Å². The van der Waals surface area contributed by atoms with Crippen LogP contribution in [-0.4, -0.2) is 29.0 Å². The first-order valence-corrected chi connectivity index (χ1v) is 5.91. The van der Waals surface area contributed by atoms with Crippen LogP contribution in [0.4, 0.5) is 0 Å². The smallest absolute Gasteiger partial charge is 0.328 e. The molecule has 1 N–H and O–H groups in total. The Labute approximate surface area is 110 Å². The molecule has 0 unspecified atom stereocenters. The molecule has 0 aliphatic heterocycles. The van der Waals surface area contributed by atoms with E-state index in [0.717, 1.165) is 0 Å². The van der Waals surface area contributed by atoms with Crippen molar-refractivity contribution in [2.45, 2.75) is 32.9 Å². The number of esters is 1. The van der Waals surface area contributed by atoms with Gasteiger partial charge in [-0.1, -0.05) is 11.6 Å². The van der Waals surface area contributed by atoms with E-state index in [1.54, 1.807) is 26.8 Å². The number of rotatable bonds is 4. The van der Waals surface area contributed by atoms with Crippen LogP contribution >= 0.6 is 11.6 Å². The van der Waals surface area contributed by atoms with E-state index in [2.05, 4.69) is 10.3 Å². The Kier molecular flexibility index (Phi) is 5.09. The first-order valence-electron chi connectivity index (χ1n) is 5.53. The molecule has 0 aliphatic rings. The van der Waals surface area contributed by atoms with Gasteiger partial charge in [-0.05, 0) is 32.9 Å². The minimum Gasteiger partial charge on any atom is -0.461 e. The van der Waals surface area contributed by atoms with Crippen molar-refractivity contribution in [3.05, 3.63) is 29.0 Å². The molecule has 0 aliphatic carbocycles. The molecule has 5 nitrogen and oxygen atoms in total. The average molecular weight is 271 g/mol. The molecule has 1 aromatic rings. The van der Waals surface area contributed by atoms with Crippen LogP contribution in [0.5, 0.6) is 0 Å². The van der Waals surface area contributed by atoms with Gasteiger partial charge in [-0.15, -0.1) is 0 Å². The minimum atomic E-state index is -0.740. The maximum absolute atomic E-state index is 11.8. The fourth-order valence-corrected chi connectivity index (χ4v) is 1.43. The van der Waals surface area contributed by atoms with Gasteiger partial charge in [-0.3, -0.25) is 4.79 Å². The maximum atomic E-state index is 11.8. The first kappa shape index (κ1) is 14.4. The maximum Gasteiger partial charge on any atom is 0.328 e. The molecular weight excluding hydrogens is 256 g/mol. The molecule has 0 spiro atoms. The summed E-state index contributed by atoms with van der Waals surface area (Å²) in [5, 5.41) is 2.60. The summed E-state index contributed by atoms with van der Waals surface area (Å²) in [7, 11) is 0. The van der Waals surface area contributed by atoms with Crippen LogP contribution in [0.1, 0.15) is 31.1 Å². The van der Waals surface area contributed by atoms with Gasteiger partial charge >= 0.3 is 5.97 Å². The third-order valence-corrected chi connectivity index (χ3v) is 2.36. The predicted octanol–water partition coefficient (Wildman–Crippen LogP) is 1.80. The van der Waals surface area contributed by atoms with Crippen molar-refractivity contribution in [2.75, 3.05) is 0 Å². The zero-order valence-corrected chi connectivity index (χ0v) is 11.2. The van der Waals surface area contributed by atoms with Gasteiger partial charge in [-0.25, -0.2) is 9.78 Å². The number of carbonyl (C=O) groups excluding carboxylic acids is 2. The fraction of sp³-hybridized carbons (Fsp3) is 0.417. The van der Waals surface area contributed by atoms with Gasteiger partial charge in [0.2, 0.25) is 0 Å². The van der Waals surface area contributed by atoms with Crippen LogP contribution in [0.15, 0.2) is 18.3 Å². The van der Waals surface area contributed by atoms with Crippen LogP contribution in [0.25, 0.3) is 0 Å². The lowest BCUT2D eigenvalue weighted by Gasteiger charge is -2.15. The normalized spacial score (nSPS) is 12.1. The van der Waals surface area contributed by atoms with Gasteiger partial charge in [0.25, 0.3) is 5.91 Å². The number of amides is 1. The number of nitrogens with zero attached hydrogens (tertiary/aromatic N) is 1. The zero-order valence-electron chi connectivity index (χ0n) is 10.4. The zero-order chi connectivity index (χ0) is 13.7. The number of aromatic nitrogens is 1. The number of carbonyl (C=O) groups is 2. The Morgan fingerprint density at radius 1 is 1.39 bits per heavy atom. The van der Waals surface area contributed by atoms with Gasteiger partial charge in [0, 0.05) is 6.20 Å². The predicted molar refractivity (Wildman–Crippen MR) is 67.4 cm³/mol. The number of halogens is 1. The highest BCUT2D eigenvalue weighted by atomic mass is 35.5. The highest BCUT2D eigenvalue weighted by Crippen LogP contribution is 2.11. The summed E-state index contributed by atoms with van der Waals surface area (Å²) in [6.07, 6.45) is 1.26. The van der Waals surface area contributed by atoms with Crippen molar-refractivity contribution in [1.82, 2.24) is 10.3 Å². The molecule has 0 saturated carbocycles. The lowest BCUT2D eigenvalue weighted by molar-refractivity contribution is -0.149. The minimum absolute atomic E-state index is 0.0967. The Bertz CT molecular complexity index is 449. The Morgan fingerprint density at radius 3 is 2.61 bits per heavy atom. The highest BCUT2D eigenvalue weighted by molar-refractivity contribution is 6.32. The molecule has 1 heterocycles. The van der Waals surface area contributed by atoms with Crippen molar-refractivity contribution in [3.8, 4) is 0 Å². The lowest BCUT2D eigenvalue weighted by atomic mass is 10.2. The molecule has 0 aromatic carbocycles. The molecule has 1 rings (SSSR count). The van der Waals surface area contributed by atoms with E-state index in [1.807, 2.05) is 0 Å². The second-order valence-electron chi connectivity index (χ2n) is 4.02. The van der Waals surface area contributed by atoms with Gasteiger partial charge in [0.15, 0.2) is 0 Å². The molecule has 18 heavy (non-hydrogen) atoms. The van der Waals surface area contributed by atoms with E-state index >= 15 is 0 Å². The van der Waals surface area contributed by atoms with Crippen LogP contribution in [-0.2, 0) is 9.53 Å². The van der Waals surface area contributed by atoms with E-state index < -0.39 is 17.9 Å². The number of hydrogen-bond donors (Lipinski definition) is 1. The highest BCUT2D eigenvalue weighted by Gasteiger charge is 2.20. The fourth-order valence-electron chi connectivity index (χ4n) is 1.22. The van der Waals surface area contributed by atoms with Crippen molar-refractivity contribution >= 4 is 23.5 Å². The van der Waals surface area contributed by atoms with Crippen LogP contribution in [0.2, 0.25) is 5.15 Å². The summed E-state index contributed by atoms with van der Waals surface area (Å²) in [6.45, 7) is 5.03. The average Bonchev–Trinajstić information content (AvgIpc) is 2.28. The van der Waals surface area contributed by atoms with E-state index in [0.29, 0.717) is 0 Å². The van der Waals surface area contributed by atoms with E-state index in [1.165, 1.54) is 12.3 Å². The van der Waals surface area contributed by atoms with Crippen molar-refractivity contribution in [2.24, 2.45) is 0 Å². The van der Waals surface area contributed by atoms with Gasteiger partial charge < -0.3 is 10.1 Å². The monoisotopic (exact) mass is 270 g/mol. The Morgan fingerprint density at radius 2 is 2.06 bits per heavy atom. The molecule has 0 fully saturated rings. The van der Waals surface area contributed by atoms with Crippen molar-refractivity contribution in [3.63, 3.8) is 0 Å². The van der Waals surface area contributed by atoms with Crippen LogP contribution < -0.4 is 5.32 Å². The lowest BCUT2D eigenvalue weighted by Crippen LogP contribution is -2.40. The van der Waals surface area contributed by atoms with Crippen LogP contribution in [0.3, 0.4) is 0 Å². The summed E-state index contributed by atoms with van der Waals surface area (Å²) in [5.74, 6) is -0.945. The van der Waals surface area contributed by atoms with E-state index in [4.69, 9.17) is 16.3 Å². The molecule has 1 atom stereocenters. The van der Waals surface area contributed by atoms with Gasteiger partial charge in [0.1, 0.15) is 11.2 Å². The van der Waals surface area contributed by atoms with E-state index in [-0.39, 0.29) is 16.8 Å². The summed E-state index contributed by atoms with van der Waals surface area (Å²) in [6, 6.07) is 2.39. The SMILES string of the molecule is CC(C)OC(=O)[C@H](C)NC(=O)c1cccnc1Cl. The number of ether oxygens (including phenoxy) is 1. The third-order valence-electron chi connectivity index (χ3n) is 2.06. The quantitative estimate of drug-likeness (QED) is 0.669. The van der Waals surface area contributed by atoms with Crippen molar-refractivity contribution in [1.29, 1.82) is 0 Å². The van der Waals surface area contributed by atoms with Gasteiger partial charge in [-0.2, -0.15) is 0 Å². The number of nitrogens with one attached hydrogen (secondary N) is 1. The molecular formula is C12H15ClN2O3. The van der Waals surface area contributed by atoms with Crippen LogP contribution in [0, 0.1) is 0 Å². The van der Waals surface area contributed by atoms with Gasteiger partial charge in [0.05, 0.1) is 11.7 Å². The Hall–Kier alpha value is -1.62. The largest absolute Gasteiger partial charge is 0.461 e. The molecule has 1 aromatic heterocycles. The first-order chi connectivity index (χ1) is 8.41.